The minimum Gasteiger partial charge on any atom is -0.497 e. The topological polar surface area (TPSA) is 67.9 Å². The summed E-state index contributed by atoms with van der Waals surface area (Å²) in [6.07, 6.45) is -4.35. The van der Waals surface area contributed by atoms with Crippen LogP contribution in [0.2, 0.25) is 0 Å². The molecule has 1 atom stereocenters. The van der Waals surface area contributed by atoms with E-state index < -0.39 is 17.7 Å². The third-order valence-electron chi connectivity index (χ3n) is 4.81. The van der Waals surface area contributed by atoms with Gasteiger partial charge in [0.1, 0.15) is 18.1 Å². The first-order valence-corrected chi connectivity index (χ1v) is 9.76. The summed E-state index contributed by atoms with van der Waals surface area (Å²) in [4.78, 5) is 26.2. The predicted octanol–water partition coefficient (Wildman–Crippen LogP) is 3.27. The van der Waals surface area contributed by atoms with Gasteiger partial charge in [0, 0.05) is 24.7 Å². The lowest BCUT2D eigenvalue weighted by molar-refractivity contribution is -0.137. The van der Waals surface area contributed by atoms with Crippen molar-refractivity contribution in [1.82, 2.24) is 5.32 Å². The highest BCUT2D eigenvalue weighted by atomic mass is 19.4. The minimum absolute atomic E-state index is 0.0363. The zero-order chi connectivity index (χ0) is 23.1. The van der Waals surface area contributed by atoms with Crippen LogP contribution in [0.4, 0.5) is 18.9 Å². The van der Waals surface area contributed by atoms with Crippen LogP contribution in [0.15, 0.2) is 48.5 Å². The van der Waals surface area contributed by atoms with E-state index >= 15 is 0 Å². The molecule has 1 fully saturated rings. The number of alkyl halides is 3. The third kappa shape index (κ3) is 5.94. The van der Waals surface area contributed by atoms with Gasteiger partial charge in [0.05, 0.1) is 25.1 Å². The van der Waals surface area contributed by atoms with E-state index in [1.807, 2.05) is 0 Å². The van der Waals surface area contributed by atoms with E-state index in [1.54, 1.807) is 29.2 Å². The largest absolute Gasteiger partial charge is 0.497 e. The first kappa shape index (κ1) is 23.0. The van der Waals surface area contributed by atoms with Crippen molar-refractivity contribution in [3.05, 3.63) is 54.1 Å². The molecule has 2 aromatic carbocycles. The van der Waals surface area contributed by atoms with Crippen molar-refractivity contribution in [2.24, 2.45) is 5.92 Å². The van der Waals surface area contributed by atoms with Crippen LogP contribution in [0.25, 0.3) is 0 Å². The molecule has 2 amide bonds. The molecule has 3 rings (SSSR count). The summed E-state index contributed by atoms with van der Waals surface area (Å²) in [5.41, 5.74) is -0.138. The van der Waals surface area contributed by atoms with Gasteiger partial charge in [-0.05, 0) is 30.3 Å². The average molecular weight is 446 g/mol. The number of halogens is 3. The quantitative estimate of drug-likeness (QED) is 0.692. The molecule has 0 spiro atoms. The predicted molar refractivity (Wildman–Crippen MR) is 111 cm³/mol. The van der Waals surface area contributed by atoms with Gasteiger partial charge in [-0.15, -0.1) is 0 Å². The number of ether oxygens (including phenoxy) is 2. The fraction of sp³-hybridized carbons (Fsp3) is 0.304. The molecule has 1 unspecified atom stereocenters. The maximum atomic E-state index is 12.7. The van der Waals surface area contributed by atoms with Crippen molar-refractivity contribution in [2.45, 2.75) is 12.6 Å². The second-order valence-corrected chi connectivity index (χ2v) is 6.99. The zero-order valence-corrected chi connectivity index (χ0v) is 17.2. The molecule has 9 heteroatoms. The Hall–Kier alpha value is -3.67. The Morgan fingerprint density at radius 1 is 1.16 bits per heavy atom. The Balaban J connectivity index is 1.45. The summed E-state index contributed by atoms with van der Waals surface area (Å²) in [7, 11) is 1.53. The molecule has 32 heavy (non-hydrogen) atoms. The summed E-state index contributed by atoms with van der Waals surface area (Å²) in [6, 6.07) is 11.6. The number of benzene rings is 2. The van der Waals surface area contributed by atoms with Gasteiger partial charge in [-0.1, -0.05) is 24.0 Å². The van der Waals surface area contributed by atoms with Crippen LogP contribution in [-0.2, 0) is 15.8 Å². The van der Waals surface area contributed by atoms with E-state index in [2.05, 4.69) is 17.2 Å². The molecule has 2 aromatic rings. The van der Waals surface area contributed by atoms with Gasteiger partial charge in [0.15, 0.2) is 0 Å². The van der Waals surface area contributed by atoms with E-state index in [1.165, 1.54) is 19.2 Å². The van der Waals surface area contributed by atoms with Crippen molar-refractivity contribution in [2.75, 3.05) is 31.7 Å². The Morgan fingerprint density at radius 2 is 1.91 bits per heavy atom. The number of carbonyl (C=O) groups is 2. The minimum atomic E-state index is -4.45. The number of hydrogen-bond donors (Lipinski definition) is 1. The molecular formula is C23H21F3N2O4. The van der Waals surface area contributed by atoms with E-state index in [9.17, 15) is 22.8 Å². The number of hydrogen-bond acceptors (Lipinski definition) is 4. The smallest absolute Gasteiger partial charge is 0.416 e. The Kier molecular flexibility index (Phi) is 7.25. The number of rotatable bonds is 6. The van der Waals surface area contributed by atoms with Crippen LogP contribution >= 0.6 is 0 Å². The van der Waals surface area contributed by atoms with E-state index in [0.29, 0.717) is 11.4 Å². The first-order valence-electron chi connectivity index (χ1n) is 9.76. The standard InChI is InChI=1S/C23H21F3N2O4/c1-31-19-8-5-7-18(14-19)28-15-16(12-21(28)29)22(30)27-10-2-3-11-32-20-9-4-6-17(13-20)23(24,25)26/h4-9,13-14,16H,10-12,15H2,1H3,(H,27,30). The monoisotopic (exact) mass is 446 g/mol. The van der Waals surface area contributed by atoms with Gasteiger partial charge in [0.25, 0.3) is 0 Å². The van der Waals surface area contributed by atoms with Crippen molar-refractivity contribution in [3.63, 3.8) is 0 Å². The molecule has 0 aromatic heterocycles. The van der Waals surface area contributed by atoms with Gasteiger partial charge in [-0.25, -0.2) is 0 Å². The Labute approximate surface area is 183 Å². The summed E-state index contributed by atoms with van der Waals surface area (Å²) >= 11 is 0. The molecule has 6 nitrogen and oxygen atoms in total. The number of nitrogens with zero attached hydrogens (tertiary/aromatic N) is 1. The molecule has 1 aliphatic rings. The number of methoxy groups -OCH3 is 1. The van der Waals surface area contributed by atoms with E-state index in [0.717, 1.165) is 12.1 Å². The van der Waals surface area contributed by atoms with Gasteiger partial charge in [-0.3, -0.25) is 9.59 Å². The lowest BCUT2D eigenvalue weighted by Gasteiger charge is -2.17. The maximum absolute atomic E-state index is 12.7. The van der Waals surface area contributed by atoms with Crippen LogP contribution in [0, 0.1) is 17.8 Å². The summed E-state index contributed by atoms with van der Waals surface area (Å²) in [6.45, 7) is 0.168. The molecule has 0 saturated carbocycles. The van der Waals surface area contributed by atoms with Crippen LogP contribution in [0.5, 0.6) is 11.5 Å². The van der Waals surface area contributed by atoms with Crippen LogP contribution < -0.4 is 19.7 Å². The molecule has 168 valence electrons. The third-order valence-corrected chi connectivity index (χ3v) is 4.81. The highest BCUT2D eigenvalue weighted by molar-refractivity contribution is 6.00. The Morgan fingerprint density at radius 3 is 2.66 bits per heavy atom. The SMILES string of the molecule is COc1cccc(N2CC(C(=O)NCC#CCOc3cccc(C(F)(F)F)c3)CC2=O)c1. The maximum Gasteiger partial charge on any atom is 0.416 e. The van der Waals surface area contributed by atoms with E-state index in [-0.39, 0.29) is 43.7 Å². The van der Waals surface area contributed by atoms with Crippen molar-refractivity contribution >= 4 is 17.5 Å². The van der Waals surface area contributed by atoms with Gasteiger partial charge >= 0.3 is 6.18 Å². The molecule has 0 radical (unpaired) electrons. The van der Waals surface area contributed by atoms with Crippen molar-refractivity contribution in [3.8, 4) is 23.3 Å². The second kappa shape index (κ2) is 10.1. The first-order chi connectivity index (χ1) is 15.3. The van der Waals surface area contributed by atoms with Crippen LogP contribution in [0.3, 0.4) is 0 Å². The highest BCUT2D eigenvalue weighted by Gasteiger charge is 2.35. The normalized spacial score (nSPS) is 15.7. The average Bonchev–Trinajstić information content (AvgIpc) is 3.17. The van der Waals surface area contributed by atoms with Gasteiger partial charge in [-0.2, -0.15) is 13.2 Å². The molecule has 1 heterocycles. The van der Waals surface area contributed by atoms with Crippen molar-refractivity contribution < 1.29 is 32.2 Å². The van der Waals surface area contributed by atoms with Gasteiger partial charge in [0.2, 0.25) is 11.8 Å². The summed E-state index contributed by atoms with van der Waals surface area (Å²) in [5, 5.41) is 2.65. The fourth-order valence-electron chi connectivity index (χ4n) is 3.18. The molecule has 1 saturated heterocycles. The molecular weight excluding hydrogens is 425 g/mol. The lowest BCUT2D eigenvalue weighted by atomic mass is 10.1. The molecule has 0 aliphatic carbocycles. The fourth-order valence-corrected chi connectivity index (χ4v) is 3.18. The second-order valence-electron chi connectivity index (χ2n) is 6.99. The van der Waals surface area contributed by atoms with Gasteiger partial charge < -0.3 is 19.7 Å². The van der Waals surface area contributed by atoms with Crippen LogP contribution in [-0.4, -0.2) is 38.6 Å². The lowest BCUT2D eigenvalue weighted by Crippen LogP contribution is -2.33. The molecule has 0 bridgehead atoms. The highest BCUT2D eigenvalue weighted by Crippen LogP contribution is 2.31. The molecule has 1 aliphatic heterocycles. The number of nitrogens with one attached hydrogen (secondary N) is 1. The number of amides is 2. The Bertz CT molecular complexity index is 1040. The summed E-state index contributed by atoms with van der Waals surface area (Å²) in [5.74, 6) is 5.04. The molecule has 1 N–H and O–H groups in total. The van der Waals surface area contributed by atoms with E-state index in [4.69, 9.17) is 9.47 Å². The summed E-state index contributed by atoms with van der Waals surface area (Å²) < 4.78 is 48.4. The van der Waals surface area contributed by atoms with Crippen LogP contribution in [0.1, 0.15) is 12.0 Å². The zero-order valence-electron chi connectivity index (χ0n) is 17.2. The van der Waals surface area contributed by atoms with Crippen molar-refractivity contribution in [1.29, 1.82) is 0 Å². The number of carbonyl (C=O) groups excluding carboxylic acids is 2. The number of anilines is 1.